The smallest absolute Gasteiger partial charge is 0.277 e. The van der Waals surface area contributed by atoms with Crippen molar-refractivity contribution in [2.45, 2.75) is 58.7 Å². The Kier molecular flexibility index (Phi) is 5.90. The van der Waals surface area contributed by atoms with Crippen LogP contribution in [0.1, 0.15) is 43.1 Å². The number of nitrogen functional groups attached to an aromatic ring is 1. The van der Waals surface area contributed by atoms with Gasteiger partial charge in [-0.25, -0.2) is 4.98 Å². The van der Waals surface area contributed by atoms with Gasteiger partial charge in [0.05, 0.1) is 5.69 Å². The maximum atomic E-state index is 13.2. The van der Waals surface area contributed by atoms with E-state index < -0.39 is 0 Å². The van der Waals surface area contributed by atoms with Crippen molar-refractivity contribution < 1.29 is 9.59 Å². The zero-order valence-electron chi connectivity index (χ0n) is 18.8. The number of hydrogen-bond acceptors (Lipinski definition) is 6. The number of hydrogen-bond donors (Lipinski definition) is 3. The molecule has 0 aromatic carbocycles. The number of likely N-dealkylation sites (N-methyl/N-ethyl adjacent to an activating group) is 1. The van der Waals surface area contributed by atoms with E-state index in [0.29, 0.717) is 24.7 Å². The molecule has 0 saturated heterocycles. The molecule has 2 aromatic rings. The Bertz CT molecular complexity index is 1120. The maximum Gasteiger partial charge on any atom is 0.277 e. The lowest BCUT2D eigenvalue weighted by molar-refractivity contribution is -0.122. The summed E-state index contributed by atoms with van der Waals surface area (Å²) in [6.07, 6.45) is 3.71. The number of aromatic nitrogens is 2. The Morgan fingerprint density at radius 3 is 2.72 bits per heavy atom. The van der Waals surface area contributed by atoms with Gasteiger partial charge in [0.1, 0.15) is 24.1 Å². The van der Waals surface area contributed by atoms with Gasteiger partial charge in [0.15, 0.2) is 0 Å². The van der Waals surface area contributed by atoms with E-state index in [1.54, 1.807) is 6.07 Å². The van der Waals surface area contributed by atoms with Crippen LogP contribution in [-0.4, -0.2) is 34.5 Å². The van der Waals surface area contributed by atoms with Gasteiger partial charge in [-0.2, -0.15) is 0 Å². The van der Waals surface area contributed by atoms with E-state index >= 15 is 0 Å². The van der Waals surface area contributed by atoms with Gasteiger partial charge in [-0.15, -0.1) is 0 Å². The summed E-state index contributed by atoms with van der Waals surface area (Å²) >= 11 is 0. The molecule has 0 unspecified atom stereocenters. The summed E-state index contributed by atoms with van der Waals surface area (Å²) in [4.78, 5) is 44.7. The van der Waals surface area contributed by atoms with Gasteiger partial charge in [0.2, 0.25) is 11.8 Å². The third kappa shape index (κ3) is 4.32. The molecule has 1 aliphatic carbocycles. The molecule has 0 spiro atoms. The maximum absolute atomic E-state index is 13.2. The summed E-state index contributed by atoms with van der Waals surface area (Å²) in [5, 5.41) is 5.65. The summed E-state index contributed by atoms with van der Waals surface area (Å²) in [6.45, 7) is 3.95. The van der Waals surface area contributed by atoms with Crippen LogP contribution in [0.2, 0.25) is 0 Å². The van der Waals surface area contributed by atoms with E-state index in [2.05, 4.69) is 15.6 Å². The van der Waals surface area contributed by atoms with Crippen LogP contribution in [0.5, 0.6) is 0 Å². The first-order valence-electron chi connectivity index (χ1n) is 11.1. The van der Waals surface area contributed by atoms with Crippen LogP contribution >= 0.6 is 0 Å². The Labute approximate surface area is 187 Å². The van der Waals surface area contributed by atoms with Gasteiger partial charge < -0.3 is 25.8 Å². The van der Waals surface area contributed by atoms with Crippen LogP contribution in [-0.2, 0) is 29.1 Å². The minimum atomic E-state index is -0.357. The van der Waals surface area contributed by atoms with Crippen LogP contribution in [0.4, 0.5) is 17.2 Å². The van der Waals surface area contributed by atoms with Crippen LogP contribution in [0.15, 0.2) is 23.0 Å². The van der Waals surface area contributed by atoms with E-state index in [-0.39, 0.29) is 35.6 Å². The van der Waals surface area contributed by atoms with Crippen LogP contribution in [0, 0.1) is 12.8 Å². The fraction of sp³-hybridized carbons (Fsp3) is 0.478. The molecule has 0 bridgehead atoms. The van der Waals surface area contributed by atoms with Crippen molar-refractivity contribution in [3.05, 3.63) is 45.5 Å². The van der Waals surface area contributed by atoms with Gasteiger partial charge in [0, 0.05) is 25.0 Å². The number of carbonyl (C=O) groups excluding carboxylic acids is 2. The molecular weight excluding hydrogens is 408 g/mol. The largest absolute Gasteiger partial charge is 0.384 e. The lowest BCUT2D eigenvalue weighted by atomic mass is 10.0. The number of nitrogens with zero attached hydrogens (tertiary/aromatic N) is 3. The fourth-order valence-electron chi connectivity index (χ4n) is 4.22. The van der Waals surface area contributed by atoms with Crippen molar-refractivity contribution in [1.29, 1.82) is 0 Å². The summed E-state index contributed by atoms with van der Waals surface area (Å²) < 4.78 is 1.44. The molecule has 170 valence electrons. The highest BCUT2D eigenvalue weighted by atomic mass is 16.2. The molecule has 32 heavy (non-hydrogen) atoms. The van der Waals surface area contributed by atoms with E-state index in [0.717, 1.165) is 41.9 Å². The monoisotopic (exact) mass is 438 g/mol. The van der Waals surface area contributed by atoms with Crippen molar-refractivity contribution in [3.63, 3.8) is 0 Å². The number of anilines is 3. The van der Waals surface area contributed by atoms with Crippen LogP contribution < -0.4 is 26.8 Å². The third-order valence-corrected chi connectivity index (χ3v) is 6.37. The zero-order valence-corrected chi connectivity index (χ0v) is 18.8. The lowest BCUT2D eigenvalue weighted by Gasteiger charge is -2.35. The number of fused-ring (bicyclic) bond motifs is 1. The first kappa shape index (κ1) is 21.9. The summed E-state index contributed by atoms with van der Waals surface area (Å²) in [7, 11) is 1.86. The number of pyridine rings is 2. The zero-order chi connectivity index (χ0) is 23.0. The predicted octanol–water partition coefficient (Wildman–Crippen LogP) is 1.57. The van der Waals surface area contributed by atoms with Crippen molar-refractivity contribution in [1.82, 2.24) is 14.9 Å². The fourth-order valence-corrected chi connectivity index (χ4v) is 4.22. The van der Waals surface area contributed by atoms with Gasteiger partial charge >= 0.3 is 0 Å². The molecule has 9 heteroatoms. The highest BCUT2D eigenvalue weighted by molar-refractivity contribution is 6.03. The Hall–Kier alpha value is -3.36. The third-order valence-electron chi connectivity index (χ3n) is 6.37. The molecule has 9 nitrogen and oxygen atoms in total. The van der Waals surface area contributed by atoms with E-state index in [4.69, 9.17) is 5.73 Å². The molecule has 3 heterocycles. The molecule has 4 rings (SSSR count). The topological polar surface area (TPSA) is 122 Å². The summed E-state index contributed by atoms with van der Waals surface area (Å²) in [5.41, 5.74) is 8.64. The molecule has 0 radical (unpaired) electrons. The summed E-state index contributed by atoms with van der Waals surface area (Å²) in [6, 6.07) is 5.16. The highest BCUT2D eigenvalue weighted by Gasteiger charge is 2.37. The van der Waals surface area contributed by atoms with Gasteiger partial charge in [0.25, 0.3) is 5.56 Å². The SMILES string of the molecule is CCc1cc2c(c(=O)n1CC(=O)NCc1ccc(N)nc1C)NC(=O)[C@H](CC1CC1)N2C. The predicted molar refractivity (Wildman–Crippen MR) is 123 cm³/mol. The molecule has 2 aliphatic rings. The normalized spacial score (nSPS) is 17.7. The Balaban J connectivity index is 1.54. The number of nitrogens with one attached hydrogen (secondary N) is 2. The van der Waals surface area contributed by atoms with E-state index in [9.17, 15) is 14.4 Å². The minimum absolute atomic E-state index is 0.123. The average Bonchev–Trinajstić information content (AvgIpc) is 3.57. The van der Waals surface area contributed by atoms with Gasteiger partial charge in [-0.3, -0.25) is 14.4 Å². The molecule has 1 atom stereocenters. The Morgan fingerprint density at radius 2 is 2.06 bits per heavy atom. The van der Waals surface area contributed by atoms with Gasteiger partial charge in [-0.05, 0) is 43.4 Å². The number of carbonyl (C=O) groups is 2. The number of rotatable bonds is 7. The molecule has 1 fully saturated rings. The minimum Gasteiger partial charge on any atom is -0.384 e. The second-order valence-corrected chi connectivity index (χ2v) is 8.69. The quantitative estimate of drug-likeness (QED) is 0.603. The van der Waals surface area contributed by atoms with Crippen LogP contribution in [0.25, 0.3) is 0 Å². The second kappa shape index (κ2) is 8.64. The number of nitrogens with two attached hydrogens (primary N) is 1. The first-order chi connectivity index (χ1) is 15.3. The van der Waals surface area contributed by atoms with E-state index in [1.807, 2.05) is 37.9 Å². The number of aryl methyl sites for hydroxylation is 2. The first-order valence-corrected chi connectivity index (χ1v) is 11.1. The van der Waals surface area contributed by atoms with Crippen molar-refractivity contribution >= 4 is 29.0 Å². The second-order valence-electron chi connectivity index (χ2n) is 8.69. The van der Waals surface area contributed by atoms with Crippen molar-refractivity contribution in [3.8, 4) is 0 Å². The molecule has 2 amide bonds. The van der Waals surface area contributed by atoms with Gasteiger partial charge in [-0.1, -0.05) is 25.8 Å². The molecule has 2 aromatic heterocycles. The Morgan fingerprint density at radius 1 is 1.31 bits per heavy atom. The highest BCUT2D eigenvalue weighted by Crippen LogP contribution is 2.38. The van der Waals surface area contributed by atoms with Crippen molar-refractivity contribution in [2.75, 3.05) is 23.0 Å². The lowest BCUT2D eigenvalue weighted by Crippen LogP contribution is -2.49. The van der Waals surface area contributed by atoms with E-state index in [1.165, 1.54) is 4.57 Å². The molecule has 1 aliphatic heterocycles. The molecule has 1 saturated carbocycles. The molecular formula is C23H30N6O3. The van der Waals surface area contributed by atoms with Crippen molar-refractivity contribution in [2.24, 2.45) is 5.92 Å². The number of amides is 2. The summed E-state index contributed by atoms with van der Waals surface area (Å²) in [5.74, 6) is 0.567. The van der Waals surface area contributed by atoms with Crippen LogP contribution in [0.3, 0.4) is 0 Å². The average molecular weight is 439 g/mol. The standard InChI is InChI=1S/C23H30N6O3/c1-4-16-10-17-21(27-22(31)18(28(17)3)9-14-5-6-14)23(32)29(16)12-20(30)25-11-15-7-8-19(24)26-13(15)2/h7-8,10,14,18H,4-6,9,11-12H2,1-3H3,(H2,24,26)(H,25,30)(H,27,31)/t18-/m0/s1. The molecule has 4 N–H and O–H groups in total.